The van der Waals surface area contributed by atoms with Crippen molar-refractivity contribution in [3.05, 3.63) is 0 Å². The van der Waals surface area contributed by atoms with Gasteiger partial charge in [0.2, 0.25) is 11.8 Å². The monoisotopic (exact) mass is 365 g/mol. The van der Waals surface area contributed by atoms with Crippen LogP contribution < -0.4 is 10.6 Å². The molecule has 1 saturated heterocycles. The number of hydrogen-bond donors (Lipinski definition) is 2. The first kappa shape index (κ1) is 20.5. The van der Waals surface area contributed by atoms with Gasteiger partial charge in [0, 0.05) is 45.7 Å². The molecule has 0 bridgehead atoms. The van der Waals surface area contributed by atoms with Crippen LogP contribution in [-0.2, 0) is 9.59 Å². The second-order valence-corrected chi connectivity index (χ2v) is 7.63. The zero-order valence-electron chi connectivity index (χ0n) is 16.6. The minimum Gasteiger partial charge on any atom is -0.356 e. The molecule has 1 aliphatic carbocycles. The lowest BCUT2D eigenvalue weighted by Gasteiger charge is -2.26. The van der Waals surface area contributed by atoms with Crippen LogP contribution in [0.2, 0.25) is 0 Å². The van der Waals surface area contributed by atoms with Crippen LogP contribution >= 0.6 is 0 Å². The van der Waals surface area contributed by atoms with Gasteiger partial charge in [0.15, 0.2) is 5.96 Å². The highest BCUT2D eigenvalue weighted by Gasteiger charge is 2.31. The molecule has 26 heavy (non-hydrogen) atoms. The van der Waals surface area contributed by atoms with Gasteiger partial charge in [-0.1, -0.05) is 26.2 Å². The van der Waals surface area contributed by atoms with Crippen molar-refractivity contribution in [2.45, 2.75) is 57.9 Å². The van der Waals surface area contributed by atoms with Gasteiger partial charge in [-0.3, -0.25) is 9.59 Å². The third kappa shape index (κ3) is 6.18. The highest BCUT2D eigenvalue weighted by Crippen LogP contribution is 2.26. The predicted octanol–water partition coefficient (Wildman–Crippen LogP) is 1.20. The molecular weight excluding hydrogens is 330 g/mol. The molecule has 2 fully saturated rings. The van der Waals surface area contributed by atoms with Crippen LogP contribution in [-0.4, -0.2) is 73.9 Å². The summed E-state index contributed by atoms with van der Waals surface area (Å²) in [5.41, 5.74) is 0. The molecule has 2 aliphatic rings. The molecule has 0 spiro atoms. The normalized spacial score (nSPS) is 21.6. The van der Waals surface area contributed by atoms with Gasteiger partial charge < -0.3 is 20.4 Å². The molecule has 7 heteroatoms. The van der Waals surface area contributed by atoms with Crippen LogP contribution in [0.1, 0.15) is 51.9 Å². The summed E-state index contributed by atoms with van der Waals surface area (Å²) in [5, 5.41) is 6.67. The van der Waals surface area contributed by atoms with Gasteiger partial charge in [-0.15, -0.1) is 0 Å². The Hall–Kier alpha value is -1.79. The first-order valence-electron chi connectivity index (χ1n) is 10.0. The van der Waals surface area contributed by atoms with E-state index in [1.54, 1.807) is 19.0 Å². The average molecular weight is 366 g/mol. The Kier molecular flexibility index (Phi) is 8.19. The van der Waals surface area contributed by atoms with Crippen molar-refractivity contribution < 1.29 is 9.59 Å². The topological polar surface area (TPSA) is 77.0 Å². The first-order chi connectivity index (χ1) is 12.5. The molecule has 1 unspecified atom stereocenters. The zero-order valence-corrected chi connectivity index (χ0v) is 16.6. The van der Waals surface area contributed by atoms with Crippen molar-refractivity contribution in [1.29, 1.82) is 0 Å². The summed E-state index contributed by atoms with van der Waals surface area (Å²) >= 11 is 0. The number of hydrogen-bond acceptors (Lipinski definition) is 3. The number of guanidine groups is 1. The average Bonchev–Trinajstić information content (AvgIpc) is 3.12. The molecule has 2 N–H and O–H groups in total. The Morgan fingerprint density at radius 1 is 1.15 bits per heavy atom. The molecule has 0 aromatic heterocycles. The Labute approximate surface area is 157 Å². The van der Waals surface area contributed by atoms with Crippen molar-refractivity contribution in [3.63, 3.8) is 0 Å². The molecule has 1 aliphatic heterocycles. The van der Waals surface area contributed by atoms with E-state index in [1.165, 1.54) is 19.3 Å². The molecule has 0 aromatic rings. The standard InChI is InChI=1S/C19H35N5O2/c1-4-11-20-19(21-13-17(25)23(2)3)22-16-10-12-24(14-16)18(26)15-8-6-5-7-9-15/h15-16H,4-14H2,1-3H3,(H2,20,21,22). The van der Waals surface area contributed by atoms with E-state index < -0.39 is 0 Å². The molecule has 2 amide bonds. The van der Waals surface area contributed by atoms with E-state index in [0.29, 0.717) is 11.9 Å². The van der Waals surface area contributed by atoms with E-state index in [-0.39, 0.29) is 24.4 Å². The van der Waals surface area contributed by atoms with Gasteiger partial charge in [-0.2, -0.15) is 0 Å². The summed E-state index contributed by atoms with van der Waals surface area (Å²) in [4.78, 5) is 32.4. The quantitative estimate of drug-likeness (QED) is 0.548. The minimum atomic E-state index is -0.0249. The van der Waals surface area contributed by atoms with Gasteiger partial charge in [0.25, 0.3) is 0 Å². The SMILES string of the molecule is CCCNC(=NCC(=O)N(C)C)NC1CCN(C(=O)C2CCCCC2)C1. The number of carbonyl (C=O) groups is 2. The van der Waals surface area contributed by atoms with E-state index in [4.69, 9.17) is 0 Å². The number of nitrogens with zero attached hydrogens (tertiary/aromatic N) is 3. The maximum absolute atomic E-state index is 12.7. The fourth-order valence-corrected chi connectivity index (χ4v) is 3.56. The highest BCUT2D eigenvalue weighted by atomic mass is 16.2. The highest BCUT2D eigenvalue weighted by molar-refractivity contribution is 5.85. The fraction of sp³-hybridized carbons (Fsp3) is 0.842. The van der Waals surface area contributed by atoms with Crippen LogP contribution in [0.15, 0.2) is 4.99 Å². The van der Waals surface area contributed by atoms with Gasteiger partial charge in [-0.05, 0) is 25.7 Å². The molecule has 1 saturated carbocycles. The fourth-order valence-electron chi connectivity index (χ4n) is 3.56. The van der Waals surface area contributed by atoms with Crippen molar-refractivity contribution in [1.82, 2.24) is 20.4 Å². The lowest BCUT2D eigenvalue weighted by atomic mass is 9.88. The number of aliphatic imine (C=N–C) groups is 1. The van der Waals surface area contributed by atoms with Crippen LogP contribution in [0.4, 0.5) is 0 Å². The number of likely N-dealkylation sites (N-methyl/N-ethyl adjacent to an activating group) is 1. The van der Waals surface area contributed by atoms with Crippen molar-refractivity contribution in [2.24, 2.45) is 10.9 Å². The second kappa shape index (κ2) is 10.4. The summed E-state index contributed by atoms with van der Waals surface area (Å²) in [7, 11) is 3.46. The zero-order chi connectivity index (χ0) is 18.9. The molecular formula is C19H35N5O2. The Balaban J connectivity index is 1.86. The van der Waals surface area contributed by atoms with Crippen molar-refractivity contribution in [2.75, 3.05) is 40.3 Å². The number of carbonyl (C=O) groups excluding carboxylic acids is 2. The number of rotatable bonds is 6. The summed E-state index contributed by atoms with van der Waals surface area (Å²) < 4.78 is 0. The molecule has 148 valence electrons. The van der Waals surface area contributed by atoms with Gasteiger partial charge in [0.05, 0.1) is 0 Å². The molecule has 1 atom stereocenters. The van der Waals surface area contributed by atoms with E-state index in [9.17, 15) is 9.59 Å². The van der Waals surface area contributed by atoms with Crippen LogP contribution in [0.5, 0.6) is 0 Å². The second-order valence-electron chi connectivity index (χ2n) is 7.63. The summed E-state index contributed by atoms with van der Waals surface area (Å²) in [6.07, 6.45) is 7.64. The molecule has 7 nitrogen and oxygen atoms in total. The molecule has 1 heterocycles. The van der Waals surface area contributed by atoms with E-state index in [1.807, 2.05) is 4.90 Å². The van der Waals surface area contributed by atoms with Gasteiger partial charge in [-0.25, -0.2) is 4.99 Å². The molecule has 0 radical (unpaired) electrons. The maximum atomic E-state index is 12.7. The third-order valence-electron chi connectivity index (χ3n) is 5.21. The van der Waals surface area contributed by atoms with Gasteiger partial charge >= 0.3 is 0 Å². The smallest absolute Gasteiger partial charge is 0.243 e. The van der Waals surface area contributed by atoms with Crippen molar-refractivity contribution >= 4 is 17.8 Å². The lowest BCUT2D eigenvalue weighted by molar-refractivity contribution is -0.135. The third-order valence-corrected chi connectivity index (χ3v) is 5.21. The summed E-state index contributed by atoms with van der Waals surface area (Å²) in [5.74, 6) is 1.20. The van der Waals surface area contributed by atoms with Crippen LogP contribution in [0.3, 0.4) is 0 Å². The molecule has 2 rings (SSSR count). The number of likely N-dealkylation sites (tertiary alicyclic amines) is 1. The molecule has 0 aromatic carbocycles. The van der Waals surface area contributed by atoms with Crippen LogP contribution in [0.25, 0.3) is 0 Å². The number of amides is 2. The Morgan fingerprint density at radius 2 is 1.88 bits per heavy atom. The lowest BCUT2D eigenvalue weighted by Crippen LogP contribution is -2.46. The predicted molar refractivity (Wildman–Crippen MR) is 104 cm³/mol. The van der Waals surface area contributed by atoms with Crippen LogP contribution in [0, 0.1) is 5.92 Å². The Morgan fingerprint density at radius 3 is 2.54 bits per heavy atom. The Bertz CT molecular complexity index is 500. The first-order valence-corrected chi connectivity index (χ1v) is 10.0. The largest absolute Gasteiger partial charge is 0.356 e. The van der Waals surface area contributed by atoms with E-state index >= 15 is 0 Å². The maximum Gasteiger partial charge on any atom is 0.243 e. The van der Waals surface area contributed by atoms with E-state index in [0.717, 1.165) is 45.3 Å². The minimum absolute atomic E-state index is 0.0249. The van der Waals surface area contributed by atoms with Gasteiger partial charge in [0.1, 0.15) is 6.54 Å². The van der Waals surface area contributed by atoms with Crippen molar-refractivity contribution in [3.8, 4) is 0 Å². The van der Waals surface area contributed by atoms with E-state index in [2.05, 4.69) is 22.5 Å². The summed E-state index contributed by atoms with van der Waals surface area (Å²) in [6, 6.07) is 0.195. The number of nitrogens with one attached hydrogen (secondary N) is 2. The summed E-state index contributed by atoms with van der Waals surface area (Å²) in [6.45, 7) is 4.56.